The Labute approximate surface area is 160 Å². The van der Waals surface area contributed by atoms with Crippen molar-refractivity contribution in [2.24, 2.45) is 0 Å². The van der Waals surface area contributed by atoms with Gasteiger partial charge in [-0.1, -0.05) is 38.1 Å². The second-order valence-corrected chi connectivity index (χ2v) is 8.06. The van der Waals surface area contributed by atoms with E-state index in [2.05, 4.69) is 48.0 Å². The largest absolute Gasteiger partial charge is 0.338 e. The Morgan fingerprint density at radius 2 is 1.88 bits per heavy atom. The molecule has 0 unspecified atom stereocenters. The van der Waals surface area contributed by atoms with Gasteiger partial charge in [-0.05, 0) is 38.3 Å². The molecule has 3 rings (SSSR count). The van der Waals surface area contributed by atoms with Crippen LogP contribution in [-0.2, 0) is 6.42 Å². The number of aromatic nitrogens is 1. The SMILES string of the molecule is CCc1ccc(-c2nc(C)c(C(=O)N(C)C3CCN(CC)CC3)s2)cc1. The number of amides is 1. The number of hydrogen-bond acceptors (Lipinski definition) is 4. The van der Waals surface area contributed by atoms with Gasteiger partial charge in [-0.2, -0.15) is 0 Å². The fraction of sp³-hybridized carbons (Fsp3) is 0.524. The summed E-state index contributed by atoms with van der Waals surface area (Å²) in [5.41, 5.74) is 3.25. The number of nitrogens with zero attached hydrogens (tertiary/aromatic N) is 3. The topological polar surface area (TPSA) is 36.4 Å². The molecule has 1 saturated heterocycles. The number of benzene rings is 1. The van der Waals surface area contributed by atoms with E-state index in [0.717, 1.165) is 60.0 Å². The molecular weight excluding hydrogens is 342 g/mol. The molecule has 0 N–H and O–H groups in total. The number of carbonyl (C=O) groups is 1. The van der Waals surface area contributed by atoms with Crippen molar-refractivity contribution in [3.05, 3.63) is 40.4 Å². The minimum atomic E-state index is 0.117. The Bertz CT molecular complexity index is 745. The summed E-state index contributed by atoms with van der Waals surface area (Å²) in [6.07, 6.45) is 3.14. The lowest BCUT2D eigenvalue weighted by Gasteiger charge is -2.36. The molecule has 0 radical (unpaired) electrons. The summed E-state index contributed by atoms with van der Waals surface area (Å²) in [6.45, 7) is 9.55. The van der Waals surface area contributed by atoms with Gasteiger partial charge in [-0.3, -0.25) is 4.79 Å². The van der Waals surface area contributed by atoms with Crippen molar-refractivity contribution in [2.75, 3.05) is 26.7 Å². The van der Waals surface area contributed by atoms with Crippen LogP contribution in [0.2, 0.25) is 0 Å². The molecular formula is C21H29N3OS. The van der Waals surface area contributed by atoms with Crippen molar-refractivity contribution in [3.63, 3.8) is 0 Å². The average Bonchev–Trinajstić information content (AvgIpc) is 3.08. The van der Waals surface area contributed by atoms with Gasteiger partial charge in [0.1, 0.15) is 9.88 Å². The first-order valence-electron chi connectivity index (χ1n) is 9.59. The number of carbonyl (C=O) groups excluding carboxylic acids is 1. The Morgan fingerprint density at radius 1 is 1.23 bits per heavy atom. The maximum absolute atomic E-state index is 13.0. The molecule has 140 valence electrons. The van der Waals surface area contributed by atoms with Gasteiger partial charge in [0.05, 0.1) is 5.69 Å². The zero-order chi connectivity index (χ0) is 18.7. The van der Waals surface area contributed by atoms with E-state index in [0.29, 0.717) is 6.04 Å². The molecule has 26 heavy (non-hydrogen) atoms. The third kappa shape index (κ3) is 3.99. The van der Waals surface area contributed by atoms with E-state index < -0.39 is 0 Å². The second kappa shape index (κ2) is 8.31. The Hall–Kier alpha value is -1.72. The number of likely N-dealkylation sites (tertiary alicyclic amines) is 1. The maximum Gasteiger partial charge on any atom is 0.265 e. The van der Waals surface area contributed by atoms with Crippen LogP contribution in [0.3, 0.4) is 0 Å². The summed E-state index contributed by atoms with van der Waals surface area (Å²) in [4.78, 5) is 22.9. The van der Waals surface area contributed by atoms with Crippen molar-refractivity contribution in [3.8, 4) is 10.6 Å². The van der Waals surface area contributed by atoms with Crippen LogP contribution in [0.4, 0.5) is 0 Å². The first-order chi connectivity index (χ1) is 12.5. The highest BCUT2D eigenvalue weighted by molar-refractivity contribution is 7.17. The van der Waals surface area contributed by atoms with Gasteiger partial charge in [0, 0.05) is 31.7 Å². The molecule has 1 aliphatic rings. The normalized spacial score (nSPS) is 16.0. The van der Waals surface area contributed by atoms with E-state index in [1.807, 2.05) is 18.9 Å². The van der Waals surface area contributed by atoms with E-state index >= 15 is 0 Å². The van der Waals surface area contributed by atoms with Crippen molar-refractivity contribution < 1.29 is 4.79 Å². The Kier molecular flexibility index (Phi) is 6.09. The number of aryl methyl sites for hydroxylation is 2. The fourth-order valence-electron chi connectivity index (χ4n) is 3.55. The number of hydrogen-bond donors (Lipinski definition) is 0. The van der Waals surface area contributed by atoms with Crippen LogP contribution in [0.25, 0.3) is 10.6 Å². The molecule has 1 aromatic carbocycles. The van der Waals surface area contributed by atoms with E-state index in [4.69, 9.17) is 0 Å². The van der Waals surface area contributed by atoms with Gasteiger partial charge >= 0.3 is 0 Å². The second-order valence-electron chi connectivity index (χ2n) is 7.07. The first-order valence-corrected chi connectivity index (χ1v) is 10.4. The molecule has 0 spiro atoms. The number of rotatable bonds is 5. The van der Waals surface area contributed by atoms with Crippen molar-refractivity contribution in [1.82, 2.24) is 14.8 Å². The summed E-state index contributed by atoms with van der Waals surface area (Å²) in [5, 5.41) is 0.933. The zero-order valence-corrected chi connectivity index (χ0v) is 17.1. The van der Waals surface area contributed by atoms with Gasteiger partial charge in [0.25, 0.3) is 5.91 Å². The third-order valence-electron chi connectivity index (χ3n) is 5.47. The molecule has 1 aliphatic heterocycles. The highest BCUT2D eigenvalue weighted by Crippen LogP contribution is 2.30. The molecule has 0 saturated carbocycles. The molecule has 5 heteroatoms. The number of thiazole rings is 1. The quantitative estimate of drug-likeness (QED) is 0.789. The van der Waals surface area contributed by atoms with Crippen LogP contribution in [-0.4, -0.2) is 53.4 Å². The summed E-state index contributed by atoms with van der Waals surface area (Å²) < 4.78 is 0. The van der Waals surface area contributed by atoms with Crippen molar-refractivity contribution in [1.29, 1.82) is 0 Å². The zero-order valence-electron chi connectivity index (χ0n) is 16.3. The average molecular weight is 372 g/mol. The van der Waals surface area contributed by atoms with Gasteiger partial charge in [-0.25, -0.2) is 4.98 Å². The molecule has 0 bridgehead atoms. The molecule has 4 nitrogen and oxygen atoms in total. The smallest absolute Gasteiger partial charge is 0.265 e. The van der Waals surface area contributed by atoms with Gasteiger partial charge < -0.3 is 9.80 Å². The van der Waals surface area contributed by atoms with Crippen LogP contribution >= 0.6 is 11.3 Å². The molecule has 0 aliphatic carbocycles. The summed E-state index contributed by atoms with van der Waals surface area (Å²) in [7, 11) is 1.95. The highest BCUT2D eigenvalue weighted by Gasteiger charge is 2.27. The molecule has 2 aromatic rings. The van der Waals surface area contributed by atoms with E-state index in [-0.39, 0.29) is 5.91 Å². The van der Waals surface area contributed by atoms with Crippen molar-refractivity contribution in [2.45, 2.75) is 46.1 Å². The number of piperidine rings is 1. The predicted molar refractivity (Wildman–Crippen MR) is 109 cm³/mol. The van der Waals surface area contributed by atoms with Crippen LogP contribution in [0.1, 0.15) is 47.6 Å². The fourth-order valence-corrected chi connectivity index (χ4v) is 4.60. The lowest BCUT2D eigenvalue weighted by molar-refractivity contribution is 0.0650. The van der Waals surface area contributed by atoms with Crippen LogP contribution < -0.4 is 0 Å². The monoisotopic (exact) mass is 371 g/mol. The predicted octanol–water partition coefficient (Wildman–Crippen LogP) is 4.24. The molecule has 1 amide bonds. The molecule has 2 heterocycles. The molecule has 1 fully saturated rings. The molecule has 1 aromatic heterocycles. The van der Waals surface area contributed by atoms with E-state index in [9.17, 15) is 4.79 Å². The highest BCUT2D eigenvalue weighted by atomic mass is 32.1. The Morgan fingerprint density at radius 3 is 2.46 bits per heavy atom. The van der Waals surface area contributed by atoms with Crippen LogP contribution in [0.15, 0.2) is 24.3 Å². The summed E-state index contributed by atoms with van der Waals surface area (Å²) in [6, 6.07) is 8.83. The van der Waals surface area contributed by atoms with E-state index in [1.165, 1.54) is 16.9 Å². The summed E-state index contributed by atoms with van der Waals surface area (Å²) in [5.74, 6) is 0.117. The Balaban J connectivity index is 1.74. The van der Waals surface area contributed by atoms with Crippen molar-refractivity contribution >= 4 is 17.2 Å². The third-order valence-corrected chi connectivity index (χ3v) is 6.67. The summed E-state index contributed by atoms with van der Waals surface area (Å²) >= 11 is 1.52. The van der Waals surface area contributed by atoms with E-state index in [1.54, 1.807) is 0 Å². The van der Waals surface area contributed by atoms with Gasteiger partial charge in [0.15, 0.2) is 0 Å². The van der Waals surface area contributed by atoms with Crippen LogP contribution in [0.5, 0.6) is 0 Å². The van der Waals surface area contributed by atoms with Gasteiger partial charge in [-0.15, -0.1) is 11.3 Å². The lowest BCUT2D eigenvalue weighted by Crippen LogP contribution is -2.45. The maximum atomic E-state index is 13.0. The minimum Gasteiger partial charge on any atom is -0.338 e. The van der Waals surface area contributed by atoms with Crippen LogP contribution in [0, 0.1) is 6.92 Å². The van der Waals surface area contributed by atoms with Gasteiger partial charge in [0.2, 0.25) is 0 Å². The lowest BCUT2D eigenvalue weighted by atomic mass is 10.0. The standard InChI is InChI=1S/C21H29N3OS/c1-5-16-7-9-17(10-8-16)20-22-15(3)19(26-20)21(25)23(4)18-11-13-24(6-2)14-12-18/h7-10,18H,5-6,11-14H2,1-4H3. The first kappa shape index (κ1) is 19.1. The molecule has 0 atom stereocenters. The minimum absolute atomic E-state index is 0.117.